The van der Waals surface area contributed by atoms with E-state index in [1.165, 1.54) is 38.4 Å². The zero-order valence-corrected chi connectivity index (χ0v) is 16.4. The fourth-order valence-electron chi connectivity index (χ4n) is 2.71. The molecule has 0 amide bonds. The van der Waals surface area contributed by atoms with E-state index >= 15 is 0 Å². The van der Waals surface area contributed by atoms with Crippen LogP contribution in [-0.4, -0.2) is 39.0 Å². The van der Waals surface area contributed by atoms with E-state index < -0.39 is 12.7 Å². The molecule has 0 fully saturated rings. The standard InChI is InChI=1S/C19H19NO5Se/c1-23-16-11-15(12-17(24-2)19(16)25-3)26(21,22)10-8-14-6-4-5-13-7-9-20-18(13)14/h4-12,20H,1-3H3/b10-8+. The Morgan fingerprint density at radius 1 is 0.962 bits per heavy atom. The van der Waals surface area contributed by atoms with E-state index in [9.17, 15) is 7.67 Å². The molecular weight excluding hydrogens is 401 g/mol. The van der Waals surface area contributed by atoms with Gasteiger partial charge in [-0.3, -0.25) is 0 Å². The number of para-hydroxylation sites is 1. The quantitative estimate of drug-likeness (QED) is 0.621. The Bertz CT molecular complexity index is 1040. The zero-order valence-electron chi connectivity index (χ0n) is 14.6. The van der Waals surface area contributed by atoms with Gasteiger partial charge in [-0.1, -0.05) is 0 Å². The molecule has 0 unspecified atom stereocenters. The van der Waals surface area contributed by atoms with Crippen LogP contribution in [0, 0.1) is 0 Å². The summed E-state index contributed by atoms with van der Waals surface area (Å²) >= 11 is -4.58. The van der Waals surface area contributed by atoms with Crippen LogP contribution in [0.3, 0.4) is 0 Å². The number of benzene rings is 2. The van der Waals surface area contributed by atoms with E-state index in [2.05, 4.69) is 4.98 Å². The van der Waals surface area contributed by atoms with Crippen molar-refractivity contribution >= 4 is 34.1 Å². The molecule has 0 radical (unpaired) electrons. The maximum atomic E-state index is 12.8. The summed E-state index contributed by atoms with van der Waals surface area (Å²) in [6, 6.07) is 10.5. The summed E-state index contributed by atoms with van der Waals surface area (Å²) in [6.45, 7) is 0. The third kappa shape index (κ3) is 3.31. The SMILES string of the molecule is COc1cc([Se](=O)(=O)/C=C/c2cccc3cc[nH]c23)cc(OC)c1OC. The van der Waals surface area contributed by atoms with Gasteiger partial charge in [-0.25, -0.2) is 0 Å². The van der Waals surface area contributed by atoms with Gasteiger partial charge in [0.15, 0.2) is 0 Å². The number of nitrogens with one attached hydrogen (secondary N) is 1. The van der Waals surface area contributed by atoms with Crippen LogP contribution in [0.1, 0.15) is 5.56 Å². The van der Waals surface area contributed by atoms with E-state index in [4.69, 9.17) is 14.2 Å². The van der Waals surface area contributed by atoms with E-state index in [1.54, 1.807) is 6.08 Å². The van der Waals surface area contributed by atoms with Crippen molar-refractivity contribution in [2.24, 2.45) is 0 Å². The molecular formula is C19H19NO5Se. The number of methoxy groups -OCH3 is 3. The van der Waals surface area contributed by atoms with Crippen molar-refractivity contribution in [3.63, 3.8) is 0 Å². The zero-order chi connectivity index (χ0) is 18.7. The van der Waals surface area contributed by atoms with E-state index in [0.29, 0.717) is 17.2 Å². The summed E-state index contributed by atoms with van der Waals surface area (Å²) in [7, 11) is 4.37. The molecule has 26 heavy (non-hydrogen) atoms. The summed E-state index contributed by atoms with van der Waals surface area (Å²) in [4.78, 5) is 4.36. The molecule has 0 saturated heterocycles. The summed E-state index contributed by atoms with van der Waals surface area (Å²) in [5.41, 5.74) is 1.69. The van der Waals surface area contributed by atoms with Gasteiger partial charge in [0.1, 0.15) is 0 Å². The number of hydrogen-bond donors (Lipinski definition) is 1. The van der Waals surface area contributed by atoms with Crippen molar-refractivity contribution < 1.29 is 21.9 Å². The molecule has 6 nitrogen and oxygen atoms in total. The van der Waals surface area contributed by atoms with Crippen LogP contribution < -0.4 is 18.7 Å². The number of H-pyrrole nitrogens is 1. The number of aromatic nitrogens is 1. The van der Waals surface area contributed by atoms with E-state index in [0.717, 1.165) is 16.5 Å². The first-order valence-corrected chi connectivity index (χ1v) is 11.0. The Hall–Kier alpha value is -2.76. The summed E-state index contributed by atoms with van der Waals surface area (Å²) in [5, 5.41) is 1.02. The Labute approximate surface area is 153 Å². The number of fused-ring (bicyclic) bond motifs is 1. The van der Waals surface area contributed by atoms with Gasteiger partial charge in [0.05, 0.1) is 0 Å². The Kier molecular flexibility index (Phi) is 5.02. The summed E-state index contributed by atoms with van der Waals surface area (Å²) < 4.78 is 41.5. The predicted molar refractivity (Wildman–Crippen MR) is 100 cm³/mol. The predicted octanol–water partition coefficient (Wildman–Crippen LogP) is 2.96. The van der Waals surface area contributed by atoms with Crippen LogP contribution in [-0.2, 0) is 7.67 Å². The second-order valence-corrected chi connectivity index (χ2v) is 9.34. The molecule has 3 rings (SSSR count). The first-order valence-electron chi connectivity index (χ1n) is 7.79. The molecule has 2 aromatic carbocycles. The van der Waals surface area contributed by atoms with Gasteiger partial charge in [-0.15, -0.1) is 0 Å². The minimum absolute atomic E-state index is 0.130. The van der Waals surface area contributed by atoms with Gasteiger partial charge in [0.25, 0.3) is 0 Å². The van der Waals surface area contributed by atoms with Crippen molar-refractivity contribution in [1.82, 2.24) is 4.98 Å². The van der Waals surface area contributed by atoms with Crippen LogP contribution in [0.2, 0.25) is 0 Å². The van der Waals surface area contributed by atoms with E-state index in [1.807, 2.05) is 30.5 Å². The van der Waals surface area contributed by atoms with Crippen molar-refractivity contribution in [2.45, 2.75) is 0 Å². The van der Waals surface area contributed by atoms with Crippen molar-refractivity contribution in [3.05, 3.63) is 53.1 Å². The van der Waals surface area contributed by atoms with Crippen LogP contribution in [0.5, 0.6) is 17.2 Å². The minimum atomic E-state index is -4.58. The average Bonchev–Trinajstić information content (AvgIpc) is 3.14. The molecule has 1 aromatic heterocycles. The molecule has 0 bridgehead atoms. The summed E-state index contributed by atoms with van der Waals surface area (Å²) in [5.74, 6) is 0.955. The fourth-order valence-corrected chi connectivity index (χ4v) is 4.86. The summed E-state index contributed by atoms with van der Waals surface area (Å²) in [6.07, 6.45) is 3.42. The van der Waals surface area contributed by atoms with Crippen molar-refractivity contribution in [1.29, 1.82) is 0 Å². The number of hydrogen-bond acceptors (Lipinski definition) is 5. The third-order valence-corrected chi connectivity index (χ3v) is 6.92. The Morgan fingerprint density at radius 2 is 1.65 bits per heavy atom. The average molecular weight is 420 g/mol. The first-order chi connectivity index (χ1) is 12.5. The topological polar surface area (TPSA) is 77.6 Å². The van der Waals surface area contributed by atoms with Gasteiger partial charge in [-0.05, 0) is 0 Å². The van der Waals surface area contributed by atoms with Crippen molar-refractivity contribution in [2.75, 3.05) is 21.3 Å². The molecule has 1 N–H and O–H groups in total. The van der Waals surface area contributed by atoms with Crippen LogP contribution in [0.15, 0.2) is 47.6 Å². The number of aromatic amines is 1. The number of ether oxygens (including phenoxy) is 3. The molecule has 0 aliphatic carbocycles. The monoisotopic (exact) mass is 421 g/mol. The molecule has 3 aromatic rings. The molecule has 0 aliphatic heterocycles. The maximum absolute atomic E-state index is 12.8. The second kappa shape index (κ2) is 7.23. The van der Waals surface area contributed by atoms with Gasteiger partial charge in [0.2, 0.25) is 0 Å². The molecule has 0 aliphatic rings. The Morgan fingerprint density at radius 3 is 2.27 bits per heavy atom. The third-order valence-electron chi connectivity index (χ3n) is 4.01. The molecule has 7 heteroatoms. The van der Waals surface area contributed by atoms with Gasteiger partial charge >= 0.3 is 153 Å². The second-order valence-electron chi connectivity index (χ2n) is 5.50. The van der Waals surface area contributed by atoms with Crippen molar-refractivity contribution in [3.8, 4) is 17.2 Å². The van der Waals surface area contributed by atoms with Gasteiger partial charge in [0, 0.05) is 0 Å². The number of rotatable bonds is 6. The Balaban J connectivity index is 2.04. The van der Waals surface area contributed by atoms with E-state index in [-0.39, 0.29) is 4.46 Å². The van der Waals surface area contributed by atoms with Crippen LogP contribution in [0.4, 0.5) is 0 Å². The van der Waals surface area contributed by atoms with Crippen LogP contribution >= 0.6 is 0 Å². The molecule has 0 saturated carbocycles. The van der Waals surface area contributed by atoms with Gasteiger partial charge in [-0.2, -0.15) is 0 Å². The first kappa shape index (κ1) is 18.0. The fraction of sp³-hybridized carbons (Fsp3) is 0.158. The molecule has 0 spiro atoms. The molecule has 136 valence electrons. The molecule has 0 atom stereocenters. The normalized spacial score (nSPS) is 11.8. The molecule has 1 heterocycles. The van der Waals surface area contributed by atoms with Crippen LogP contribution in [0.25, 0.3) is 17.0 Å². The van der Waals surface area contributed by atoms with Gasteiger partial charge < -0.3 is 0 Å².